The van der Waals surface area contributed by atoms with Crippen molar-refractivity contribution in [1.82, 2.24) is 9.88 Å². The molecule has 2 rings (SSSR count). The van der Waals surface area contributed by atoms with Gasteiger partial charge in [-0.3, -0.25) is 4.79 Å². The monoisotopic (exact) mass is 264 g/mol. The number of nitrogens with zero attached hydrogens (tertiary/aromatic N) is 3. The average Bonchev–Trinajstić information content (AvgIpc) is 2.83. The third-order valence-electron chi connectivity index (χ3n) is 2.95. The van der Waals surface area contributed by atoms with E-state index in [2.05, 4.69) is 11.4 Å². The van der Waals surface area contributed by atoms with E-state index in [0.717, 1.165) is 16.5 Å². The molecule has 0 saturated carbocycles. The maximum atomic E-state index is 11.6. The Balaban J connectivity index is 2.61. The normalized spacial score (nSPS) is 10.8. The zero-order valence-electron chi connectivity index (χ0n) is 10.9. The van der Waals surface area contributed by atoms with E-state index in [0.29, 0.717) is 0 Å². The molecule has 98 valence electrons. The van der Waals surface area contributed by atoms with E-state index in [-0.39, 0.29) is 12.1 Å². The average molecular weight is 264 g/mol. The van der Waals surface area contributed by atoms with Gasteiger partial charge in [-0.05, 0) is 12.1 Å². The quantitative estimate of drug-likeness (QED) is 0.678. The van der Waals surface area contributed by atoms with E-state index in [9.17, 15) is 4.79 Å². The summed E-state index contributed by atoms with van der Waals surface area (Å²) in [6.45, 7) is 0.218. The standard InChI is InChI=1S/C15H12N4O/c1-18-15(20)11(9-17)8-12-10-19(7-6-16)14-5-3-2-4-13(12)14/h2-5,8,10H,7H2,1H3,(H,18,20). The number of rotatable bonds is 3. The number of benzene rings is 1. The van der Waals surface area contributed by atoms with Crippen LogP contribution in [0.2, 0.25) is 0 Å². The fourth-order valence-corrected chi connectivity index (χ4v) is 2.04. The number of carbonyl (C=O) groups is 1. The molecule has 1 aromatic carbocycles. The van der Waals surface area contributed by atoms with E-state index < -0.39 is 5.91 Å². The van der Waals surface area contributed by atoms with Crippen molar-refractivity contribution in [1.29, 1.82) is 10.5 Å². The summed E-state index contributed by atoms with van der Waals surface area (Å²) in [4.78, 5) is 11.6. The number of para-hydroxylation sites is 1. The van der Waals surface area contributed by atoms with Gasteiger partial charge in [0, 0.05) is 29.7 Å². The van der Waals surface area contributed by atoms with Crippen LogP contribution >= 0.6 is 0 Å². The fourth-order valence-electron chi connectivity index (χ4n) is 2.04. The SMILES string of the molecule is CNC(=O)C(C#N)=Cc1cn(CC#N)c2ccccc12. The number of amides is 1. The van der Waals surface area contributed by atoms with Crippen molar-refractivity contribution in [3.8, 4) is 12.1 Å². The number of carbonyl (C=O) groups excluding carboxylic acids is 1. The Morgan fingerprint density at radius 2 is 2.15 bits per heavy atom. The molecule has 5 nitrogen and oxygen atoms in total. The third-order valence-corrected chi connectivity index (χ3v) is 2.95. The molecule has 1 aromatic heterocycles. The molecule has 1 N–H and O–H groups in total. The van der Waals surface area contributed by atoms with Crippen LogP contribution in [0.25, 0.3) is 17.0 Å². The molecule has 0 aliphatic carbocycles. The molecule has 0 saturated heterocycles. The van der Waals surface area contributed by atoms with Crippen molar-refractivity contribution in [2.75, 3.05) is 7.05 Å². The van der Waals surface area contributed by atoms with Gasteiger partial charge in [0.15, 0.2) is 0 Å². The molecule has 0 atom stereocenters. The lowest BCUT2D eigenvalue weighted by molar-refractivity contribution is -0.116. The van der Waals surface area contributed by atoms with Gasteiger partial charge in [0.05, 0.1) is 6.07 Å². The molecule has 0 aliphatic heterocycles. The van der Waals surface area contributed by atoms with Gasteiger partial charge in [-0.1, -0.05) is 18.2 Å². The minimum Gasteiger partial charge on any atom is -0.354 e. The molecule has 0 bridgehead atoms. The third kappa shape index (κ3) is 2.38. The lowest BCUT2D eigenvalue weighted by Crippen LogP contribution is -2.19. The summed E-state index contributed by atoms with van der Waals surface area (Å²) >= 11 is 0. The Morgan fingerprint density at radius 3 is 2.80 bits per heavy atom. The smallest absolute Gasteiger partial charge is 0.261 e. The fraction of sp³-hybridized carbons (Fsp3) is 0.133. The van der Waals surface area contributed by atoms with Crippen LogP contribution in [0, 0.1) is 22.7 Å². The highest BCUT2D eigenvalue weighted by Gasteiger charge is 2.10. The predicted octanol–water partition coefficient (Wildman–Crippen LogP) is 1.82. The number of likely N-dealkylation sites (N-methyl/N-ethyl adjacent to an activating group) is 1. The Kier molecular flexibility index (Phi) is 3.83. The molecule has 0 fully saturated rings. The first kappa shape index (κ1) is 13.4. The lowest BCUT2D eigenvalue weighted by Gasteiger charge is -1.96. The van der Waals surface area contributed by atoms with Gasteiger partial charge in [-0.15, -0.1) is 0 Å². The topological polar surface area (TPSA) is 81.6 Å². The second kappa shape index (κ2) is 5.73. The van der Waals surface area contributed by atoms with Crippen LogP contribution in [-0.4, -0.2) is 17.5 Å². The molecule has 1 amide bonds. The zero-order chi connectivity index (χ0) is 14.5. The van der Waals surface area contributed by atoms with E-state index in [1.165, 1.54) is 13.1 Å². The molecule has 1 heterocycles. The largest absolute Gasteiger partial charge is 0.354 e. The van der Waals surface area contributed by atoms with Gasteiger partial charge in [-0.25, -0.2) is 0 Å². The molecule has 5 heteroatoms. The first-order valence-corrected chi connectivity index (χ1v) is 6.00. The van der Waals surface area contributed by atoms with Crippen LogP contribution in [0.5, 0.6) is 0 Å². The van der Waals surface area contributed by atoms with E-state index in [1.54, 1.807) is 10.8 Å². The summed E-state index contributed by atoms with van der Waals surface area (Å²) in [6, 6.07) is 11.5. The number of hydrogen-bond acceptors (Lipinski definition) is 3. The molecule has 0 unspecified atom stereocenters. The second-order valence-electron chi connectivity index (χ2n) is 4.14. The number of nitriles is 2. The van der Waals surface area contributed by atoms with Crippen LogP contribution in [0.3, 0.4) is 0 Å². The molecule has 2 aromatic rings. The lowest BCUT2D eigenvalue weighted by atomic mass is 10.1. The van der Waals surface area contributed by atoms with Crippen LogP contribution < -0.4 is 5.32 Å². The Hall–Kier alpha value is -3.05. The predicted molar refractivity (Wildman–Crippen MR) is 75.2 cm³/mol. The summed E-state index contributed by atoms with van der Waals surface area (Å²) in [5.74, 6) is -0.426. The molecule has 0 radical (unpaired) electrons. The van der Waals surface area contributed by atoms with E-state index >= 15 is 0 Å². The maximum Gasteiger partial charge on any atom is 0.261 e. The van der Waals surface area contributed by atoms with E-state index in [1.807, 2.05) is 30.3 Å². The summed E-state index contributed by atoms with van der Waals surface area (Å²) in [7, 11) is 1.48. The highest BCUT2D eigenvalue weighted by atomic mass is 16.1. The van der Waals surface area contributed by atoms with Crippen molar-refractivity contribution in [3.05, 3.63) is 41.6 Å². The van der Waals surface area contributed by atoms with Crippen molar-refractivity contribution in [2.45, 2.75) is 6.54 Å². The minimum absolute atomic E-state index is 0.0346. The van der Waals surface area contributed by atoms with Gasteiger partial charge in [0.1, 0.15) is 18.2 Å². The van der Waals surface area contributed by atoms with Gasteiger partial charge in [-0.2, -0.15) is 10.5 Å². The molecular weight excluding hydrogens is 252 g/mol. The molecule has 0 spiro atoms. The van der Waals surface area contributed by atoms with Gasteiger partial charge >= 0.3 is 0 Å². The Labute approximate surface area is 116 Å². The van der Waals surface area contributed by atoms with Crippen molar-refractivity contribution >= 4 is 22.9 Å². The van der Waals surface area contributed by atoms with Crippen LogP contribution in [0.4, 0.5) is 0 Å². The summed E-state index contributed by atoms with van der Waals surface area (Å²) in [6.07, 6.45) is 3.31. The highest BCUT2D eigenvalue weighted by Crippen LogP contribution is 2.23. The number of nitrogens with one attached hydrogen (secondary N) is 1. The van der Waals surface area contributed by atoms with Crippen LogP contribution in [0.1, 0.15) is 5.56 Å². The first-order valence-electron chi connectivity index (χ1n) is 6.00. The summed E-state index contributed by atoms with van der Waals surface area (Å²) < 4.78 is 1.79. The summed E-state index contributed by atoms with van der Waals surface area (Å²) in [5.41, 5.74) is 1.68. The van der Waals surface area contributed by atoms with E-state index in [4.69, 9.17) is 10.5 Å². The zero-order valence-corrected chi connectivity index (χ0v) is 10.9. The first-order chi connectivity index (χ1) is 9.71. The Bertz CT molecular complexity index is 771. The van der Waals surface area contributed by atoms with Gasteiger partial charge in [0.2, 0.25) is 0 Å². The van der Waals surface area contributed by atoms with Crippen molar-refractivity contribution < 1.29 is 4.79 Å². The summed E-state index contributed by atoms with van der Waals surface area (Å²) in [5, 5.41) is 21.2. The Morgan fingerprint density at radius 1 is 1.40 bits per heavy atom. The molecular formula is C15H12N4O. The number of fused-ring (bicyclic) bond motifs is 1. The molecule has 0 aliphatic rings. The van der Waals surface area contributed by atoms with Crippen molar-refractivity contribution in [3.63, 3.8) is 0 Å². The minimum atomic E-state index is -0.426. The van der Waals surface area contributed by atoms with Gasteiger partial charge < -0.3 is 9.88 Å². The van der Waals surface area contributed by atoms with Gasteiger partial charge in [0.25, 0.3) is 5.91 Å². The van der Waals surface area contributed by atoms with Crippen molar-refractivity contribution in [2.24, 2.45) is 0 Å². The second-order valence-corrected chi connectivity index (χ2v) is 4.14. The number of aromatic nitrogens is 1. The van der Waals surface area contributed by atoms with Crippen LogP contribution in [-0.2, 0) is 11.3 Å². The number of hydrogen-bond donors (Lipinski definition) is 1. The highest BCUT2D eigenvalue weighted by molar-refractivity contribution is 6.03. The molecule has 20 heavy (non-hydrogen) atoms. The maximum absolute atomic E-state index is 11.6. The van der Waals surface area contributed by atoms with Crippen LogP contribution in [0.15, 0.2) is 36.0 Å².